The smallest absolute Gasteiger partial charge is 0.465 e. The van der Waals surface area contributed by atoms with Crippen LogP contribution in [-0.4, -0.2) is 37.2 Å². The predicted molar refractivity (Wildman–Crippen MR) is 72.9 cm³/mol. The Kier molecular flexibility index (Phi) is 8.30. The third kappa shape index (κ3) is 4.79. The van der Waals surface area contributed by atoms with Crippen molar-refractivity contribution >= 4 is 23.5 Å². The van der Waals surface area contributed by atoms with E-state index in [4.69, 9.17) is 4.74 Å². The molecule has 6 nitrogen and oxygen atoms in total. The molecule has 0 aliphatic heterocycles. The number of methoxy groups -OCH3 is 1. The van der Waals surface area contributed by atoms with Crippen molar-refractivity contribution in [2.45, 2.75) is 13.8 Å². The van der Waals surface area contributed by atoms with Crippen LogP contribution in [-0.2, 0) is 36.1 Å². The van der Waals surface area contributed by atoms with E-state index in [0.717, 1.165) is 6.92 Å². The Morgan fingerprint density at radius 1 is 1.14 bits per heavy atom. The summed E-state index contributed by atoms with van der Waals surface area (Å²) < 4.78 is 9.29. The predicted octanol–water partition coefficient (Wildman–Crippen LogP) is 1.42. The maximum atomic E-state index is 12.3. The zero-order valence-corrected chi connectivity index (χ0v) is 13.3. The summed E-state index contributed by atoms with van der Waals surface area (Å²) in [6.07, 6.45) is 0. The molecular formula is C15H16CuO6+2. The van der Waals surface area contributed by atoms with Crippen molar-refractivity contribution in [3.8, 4) is 0 Å². The number of esters is 2. The van der Waals surface area contributed by atoms with Gasteiger partial charge in [0, 0.05) is 5.56 Å². The minimum Gasteiger partial charge on any atom is -0.465 e. The Bertz CT molecular complexity index is 581. The van der Waals surface area contributed by atoms with E-state index in [9.17, 15) is 19.2 Å². The van der Waals surface area contributed by atoms with Gasteiger partial charge in [-0.1, -0.05) is 12.1 Å². The molecule has 0 bridgehead atoms. The second kappa shape index (κ2) is 9.12. The first-order valence-corrected chi connectivity index (χ1v) is 6.32. The molecule has 0 saturated carbocycles. The number of ether oxygens (including phenoxy) is 2. The Labute approximate surface area is 138 Å². The molecule has 7 heteroatoms. The Hall–Kier alpha value is -1.98. The maximum absolute atomic E-state index is 12.3. The first-order valence-electron chi connectivity index (χ1n) is 6.32. The molecule has 0 amide bonds. The third-order valence-electron chi connectivity index (χ3n) is 2.76. The van der Waals surface area contributed by atoms with Crippen molar-refractivity contribution < 1.29 is 45.7 Å². The summed E-state index contributed by atoms with van der Waals surface area (Å²) in [6.45, 7) is 2.79. The van der Waals surface area contributed by atoms with Gasteiger partial charge in [0.2, 0.25) is 0 Å². The summed E-state index contributed by atoms with van der Waals surface area (Å²) in [5.74, 6) is -4.33. The van der Waals surface area contributed by atoms with E-state index in [1.165, 1.54) is 31.4 Å². The molecule has 0 heterocycles. The summed E-state index contributed by atoms with van der Waals surface area (Å²) in [4.78, 5) is 47.0. The fraction of sp³-hybridized carbons (Fsp3) is 0.333. The fourth-order valence-corrected chi connectivity index (χ4v) is 1.77. The van der Waals surface area contributed by atoms with Crippen LogP contribution < -0.4 is 0 Å². The van der Waals surface area contributed by atoms with E-state index in [1.54, 1.807) is 6.92 Å². The number of Topliss-reactive ketones (excluding diaryl/α,β-unsaturated/α-hetero) is 2. The molecule has 0 spiro atoms. The summed E-state index contributed by atoms with van der Waals surface area (Å²) >= 11 is 0. The molecule has 0 aromatic heterocycles. The molecule has 0 aliphatic rings. The molecular weight excluding hydrogens is 340 g/mol. The summed E-state index contributed by atoms with van der Waals surface area (Å²) in [6, 6.07) is 5.64. The van der Waals surface area contributed by atoms with Gasteiger partial charge in [0.25, 0.3) is 0 Å². The molecule has 1 unspecified atom stereocenters. The average molecular weight is 356 g/mol. The van der Waals surface area contributed by atoms with Crippen molar-refractivity contribution in [1.82, 2.24) is 0 Å². The number of benzene rings is 1. The van der Waals surface area contributed by atoms with Gasteiger partial charge in [-0.15, -0.1) is 0 Å². The van der Waals surface area contributed by atoms with Crippen molar-refractivity contribution in [1.29, 1.82) is 0 Å². The third-order valence-corrected chi connectivity index (χ3v) is 2.76. The van der Waals surface area contributed by atoms with E-state index in [0.29, 0.717) is 0 Å². The van der Waals surface area contributed by atoms with Crippen molar-refractivity contribution in [3.63, 3.8) is 0 Å². The first kappa shape index (κ1) is 20.0. The minimum absolute atomic E-state index is 0. The topological polar surface area (TPSA) is 86.7 Å². The largest absolute Gasteiger partial charge is 2.00 e. The number of carbonyl (C=O) groups is 4. The number of hydrogen-bond donors (Lipinski definition) is 0. The van der Waals surface area contributed by atoms with Crippen LogP contribution in [0.15, 0.2) is 24.3 Å². The molecule has 1 atom stereocenters. The van der Waals surface area contributed by atoms with Crippen LogP contribution in [0.25, 0.3) is 0 Å². The summed E-state index contributed by atoms with van der Waals surface area (Å²) in [5.41, 5.74) is 0.237. The molecule has 121 valence electrons. The zero-order chi connectivity index (χ0) is 16.0. The average Bonchev–Trinajstić information content (AvgIpc) is 2.46. The van der Waals surface area contributed by atoms with Gasteiger partial charge in [-0.05, 0) is 26.0 Å². The fourth-order valence-electron chi connectivity index (χ4n) is 1.77. The zero-order valence-electron chi connectivity index (χ0n) is 12.3. The van der Waals surface area contributed by atoms with Gasteiger partial charge < -0.3 is 9.47 Å². The number of ketones is 2. The van der Waals surface area contributed by atoms with Gasteiger partial charge in [-0.25, -0.2) is 4.79 Å². The van der Waals surface area contributed by atoms with Crippen LogP contribution >= 0.6 is 0 Å². The van der Waals surface area contributed by atoms with Gasteiger partial charge in [0.1, 0.15) is 0 Å². The SMILES string of the molecule is CCOC(=O)C(C(C)=O)C(=O)c1cccc(C(=O)OC)c1.[Cu+2]. The monoisotopic (exact) mass is 355 g/mol. The van der Waals surface area contributed by atoms with Crippen molar-refractivity contribution in [2.24, 2.45) is 5.92 Å². The molecule has 22 heavy (non-hydrogen) atoms. The van der Waals surface area contributed by atoms with Crippen molar-refractivity contribution in [2.75, 3.05) is 13.7 Å². The van der Waals surface area contributed by atoms with Gasteiger partial charge in [0.15, 0.2) is 17.5 Å². The van der Waals surface area contributed by atoms with Crippen LogP contribution in [0.5, 0.6) is 0 Å². The molecule has 1 rings (SSSR count). The molecule has 0 saturated heterocycles. The Morgan fingerprint density at radius 2 is 1.73 bits per heavy atom. The number of carbonyl (C=O) groups excluding carboxylic acids is 4. The van der Waals surface area contributed by atoms with Gasteiger partial charge in [0.05, 0.1) is 19.3 Å². The first-order chi connectivity index (χ1) is 9.92. The summed E-state index contributed by atoms with van der Waals surface area (Å²) in [7, 11) is 1.22. The minimum atomic E-state index is -1.52. The number of hydrogen-bond acceptors (Lipinski definition) is 6. The van der Waals surface area contributed by atoms with Gasteiger partial charge in [-0.3, -0.25) is 14.4 Å². The quantitative estimate of drug-likeness (QED) is 0.332. The molecule has 1 radical (unpaired) electrons. The molecule has 1 aromatic rings. The Morgan fingerprint density at radius 3 is 2.23 bits per heavy atom. The van der Waals surface area contributed by atoms with Gasteiger partial charge >= 0.3 is 29.0 Å². The Balaban J connectivity index is 0.00000441. The molecule has 0 fully saturated rings. The van der Waals surface area contributed by atoms with E-state index in [2.05, 4.69) is 4.74 Å². The second-order valence-corrected chi connectivity index (χ2v) is 4.23. The van der Waals surface area contributed by atoms with Crippen molar-refractivity contribution in [3.05, 3.63) is 35.4 Å². The van der Waals surface area contributed by atoms with Crippen LogP contribution in [0, 0.1) is 5.92 Å². The molecule has 0 N–H and O–H groups in total. The van der Waals surface area contributed by atoms with E-state index < -0.39 is 29.4 Å². The molecule has 0 aliphatic carbocycles. The second-order valence-electron chi connectivity index (χ2n) is 4.23. The van der Waals surface area contributed by atoms with Crippen LogP contribution in [0.1, 0.15) is 34.6 Å². The van der Waals surface area contributed by atoms with Crippen LogP contribution in [0.3, 0.4) is 0 Å². The van der Waals surface area contributed by atoms with Crippen LogP contribution in [0.2, 0.25) is 0 Å². The van der Waals surface area contributed by atoms with E-state index in [-0.39, 0.29) is 34.8 Å². The maximum Gasteiger partial charge on any atom is 2.00 e. The van der Waals surface area contributed by atoms with E-state index >= 15 is 0 Å². The normalized spacial score (nSPS) is 10.9. The van der Waals surface area contributed by atoms with Gasteiger partial charge in [-0.2, -0.15) is 0 Å². The standard InChI is InChI=1S/C15H16O6.Cu/c1-4-21-15(19)12(9(2)16)13(17)10-6-5-7-11(8-10)14(18)20-3;/h5-8,12H,4H2,1-3H3;/q;+2. The summed E-state index contributed by atoms with van der Waals surface area (Å²) in [5, 5.41) is 0. The molecule has 1 aromatic carbocycles. The van der Waals surface area contributed by atoms with Crippen LogP contribution in [0.4, 0.5) is 0 Å². The number of rotatable bonds is 6. The van der Waals surface area contributed by atoms with E-state index in [1.807, 2.05) is 0 Å².